The monoisotopic (exact) mass is 300 g/mol. The molecule has 0 spiro atoms. The minimum atomic E-state index is -0.381. The highest BCUT2D eigenvalue weighted by Crippen LogP contribution is 2.24. The molecule has 0 aliphatic rings. The van der Waals surface area contributed by atoms with E-state index in [0.29, 0.717) is 22.0 Å². The normalized spacial score (nSPS) is 11.5. The lowest BCUT2D eigenvalue weighted by molar-refractivity contribution is 0.768. The number of halogens is 1. The highest BCUT2D eigenvalue weighted by molar-refractivity contribution is 6.35. The van der Waals surface area contributed by atoms with Crippen LogP contribution in [0.3, 0.4) is 0 Å². The van der Waals surface area contributed by atoms with Crippen LogP contribution in [0.4, 0.5) is 0 Å². The zero-order valence-corrected chi connectivity index (χ0v) is 11.7. The Morgan fingerprint density at radius 3 is 2.95 bits per heavy atom. The van der Waals surface area contributed by atoms with Gasteiger partial charge in [-0.3, -0.25) is 4.68 Å². The molecule has 104 valence electrons. The van der Waals surface area contributed by atoms with E-state index in [1.165, 1.54) is 4.52 Å². The van der Waals surface area contributed by atoms with E-state index in [9.17, 15) is 4.79 Å². The molecule has 0 bridgehead atoms. The van der Waals surface area contributed by atoms with Gasteiger partial charge in [0.25, 0.3) is 0 Å². The number of aryl methyl sites for hydroxylation is 1. The molecule has 7 nitrogen and oxygen atoms in total. The predicted octanol–water partition coefficient (Wildman–Crippen LogP) is 1.62. The Bertz CT molecular complexity index is 1040. The summed E-state index contributed by atoms with van der Waals surface area (Å²) in [5, 5.41) is 9.53. The number of para-hydroxylation sites is 1. The molecule has 0 fully saturated rings. The lowest BCUT2D eigenvalue weighted by Gasteiger charge is -2.00. The van der Waals surface area contributed by atoms with Gasteiger partial charge in [0, 0.05) is 18.6 Å². The van der Waals surface area contributed by atoms with Crippen LogP contribution in [0.15, 0.2) is 35.4 Å². The second-order valence-corrected chi connectivity index (χ2v) is 5.07. The smallest absolute Gasteiger partial charge is 0.304 e. The van der Waals surface area contributed by atoms with Crippen LogP contribution in [0.2, 0.25) is 5.02 Å². The summed E-state index contributed by atoms with van der Waals surface area (Å²) >= 11 is 6.12. The number of benzene rings is 1. The first-order valence-electron chi connectivity index (χ1n) is 6.20. The average molecular weight is 301 g/mol. The zero-order valence-electron chi connectivity index (χ0n) is 10.9. The fourth-order valence-corrected chi connectivity index (χ4v) is 2.51. The molecule has 1 aromatic carbocycles. The molecule has 0 saturated heterocycles. The lowest BCUT2D eigenvalue weighted by atomic mass is 10.2. The number of nitrogens with one attached hydrogen (secondary N) is 1. The van der Waals surface area contributed by atoms with Crippen molar-refractivity contribution in [2.24, 2.45) is 7.05 Å². The van der Waals surface area contributed by atoms with Gasteiger partial charge >= 0.3 is 5.69 Å². The predicted molar refractivity (Wildman–Crippen MR) is 78.3 cm³/mol. The standard InChI is InChI=1S/C13H9ClN6O/c1-19-6-7(5-15-19)11-17-12-8-3-2-4-9(14)10(8)16-13(21)20(12)18-11/h2-6H,1H3,(H,16,21). The second-order valence-electron chi connectivity index (χ2n) is 4.67. The summed E-state index contributed by atoms with van der Waals surface area (Å²) in [6.07, 6.45) is 3.44. The van der Waals surface area contributed by atoms with Gasteiger partial charge in [-0.1, -0.05) is 17.7 Å². The molecule has 8 heteroatoms. The van der Waals surface area contributed by atoms with Crippen molar-refractivity contribution < 1.29 is 0 Å². The Balaban J connectivity index is 2.11. The van der Waals surface area contributed by atoms with E-state index in [1.807, 2.05) is 6.07 Å². The van der Waals surface area contributed by atoms with Crippen molar-refractivity contribution in [1.82, 2.24) is 29.4 Å². The van der Waals surface area contributed by atoms with Crippen LogP contribution in [0.25, 0.3) is 27.9 Å². The largest absolute Gasteiger partial charge is 0.348 e. The van der Waals surface area contributed by atoms with Gasteiger partial charge in [-0.2, -0.15) is 9.61 Å². The molecule has 3 heterocycles. The van der Waals surface area contributed by atoms with Crippen molar-refractivity contribution in [1.29, 1.82) is 0 Å². The topological polar surface area (TPSA) is 80.9 Å². The van der Waals surface area contributed by atoms with Crippen LogP contribution in [0.5, 0.6) is 0 Å². The number of aromatic nitrogens is 6. The van der Waals surface area contributed by atoms with Crippen LogP contribution in [0, 0.1) is 0 Å². The first-order valence-corrected chi connectivity index (χ1v) is 6.57. The summed E-state index contributed by atoms with van der Waals surface area (Å²) < 4.78 is 2.89. The maximum Gasteiger partial charge on any atom is 0.348 e. The van der Waals surface area contributed by atoms with Crippen LogP contribution < -0.4 is 5.69 Å². The minimum Gasteiger partial charge on any atom is -0.304 e. The van der Waals surface area contributed by atoms with Gasteiger partial charge in [0.15, 0.2) is 11.5 Å². The Labute approximate surface area is 122 Å². The molecule has 21 heavy (non-hydrogen) atoms. The third-order valence-corrected chi connectivity index (χ3v) is 3.56. The van der Waals surface area contributed by atoms with E-state index in [2.05, 4.69) is 20.2 Å². The van der Waals surface area contributed by atoms with Crippen LogP contribution in [-0.4, -0.2) is 29.4 Å². The number of hydrogen-bond acceptors (Lipinski definition) is 4. The summed E-state index contributed by atoms with van der Waals surface area (Å²) in [6, 6.07) is 5.37. The van der Waals surface area contributed by atoms with Gasteiger partial charge in [-0.05, 0) is 12.1 Å². The van der Waals surface area contributed by atoms with E-state index >= 15 is 0 Å². The van der Waals surface area contributed by atoms with Gasteiger partial charge in [-0.25, -0.2) is 9.78 Å². The van der Waals surface area contributed by atoms with E-state index in [-0.39, 0.29) is 5.69 Å². The van der Waals surface area contributed by atoms with Crippen LogP contribution in [-0.2, 0) is 7.05 Å². The van der Waals surface area contributed by atoms with E-state index < -0.39 is 0 Å². The molecule has 0 aliphatic carbocycles. The van der Waals surface area contributed by atoms with Gasteiger partial charge in [0.1, 0.15) is 0 Å². The summed E-state index contributed by atoms with van der Waals surface area (Å²) in [7, 11) is 1.81. The van der Waals surface area contributed by atoms with E-state index in [0.717, 1.165) is 10.9 Å². The van der Waals surface area contributed by atoms with Gasteiger partial charge in [0.2, 0.25) is 0 Å². The summed E-state index contributed by atoms with van der Waals surface area (Å²) in [5.41, 5.74) is 1.39. The Morgan fingerprint density at radius 2 is 2.19 bits per heavy atom. The molecule has 0 saturated carbocycles. The third kappa shape index (κ3) is 1.74. The van der Waals surface area contributed by atoms with Crippen molar-refractivity contribution in [3.8, 4) is 11.4 Å². The number of fused-ring (bicyclic) bond motifs is 3. The van der Waals surface area contributed by atoms with Crippen molar-refractivity contribution in [3.63, 3.8) is 0 Å². The minimum absolute atomic E-state index is 0.381. The Kier molecular flexibility index (Phi) is 2.40. The Hall–Kier alpha value is -2.67. The molecule has 0 radical (unpaired) electrons. The molecule has 1 N–H and O–H groups in total. The average Bonchev–Trinajstić information content (AvgIpc) is 3.07. The molecule has 3 aromatic heterocycles. The molecule has 0 aliphatic heterocycles. The SMILES string of the molecule is Cn1cc(-c2nc3c4cccc(Cl)c4[nH]c(=O)n3n2)cn1. The lowest BCUT2D eigenvalue weighted by Crippen LogP contribution is -2.17. The molecular formula is C13H9ClN6O. The van der Waals surface area contributed by atoms with Gasteiger partial charge in [-0.15, -0.1) is 5.10 Å². The second kappa shape index (κ2) is 4.16. The Morgan fingerprint density at radius 1 is 1.33 bits per heavy atom. The number of H-pyrrole nitrogens is 1. The number of hydrogen-bond donors (Lipinski definition) is 1. The highest BCUT2D eigenvalue weighted by atomic mass is 35.5. The molecular weight excluding hydrogens is 292 g/mol. The van der Waals surface area contributed by atoms with Gasteiger partial charge in [0.05, 0.1) is 22.3 Å². The van der Waals surface area contributed by atoms with Crippen molar-refractivity contribution in [2.45, 2.75) is 0 Å². The number of aromatic amines is 1. The van der Waals surface area contributed by atoms with E-state index in [4.69, 9.17) is 11.6 Å². The quantitative estimate of drug-likeness (QED) is 0.579. The fourth-order valence-electron chi connectivity index (χ4n) is 2.28. The molecule has 0 amide bonds. The first kappa shape index (κ1) is 12.1. The van der Waals surface area contributed by atoms with Gasteiger partial charge < -0.3 is 4.98 Å². The maximum absolute atomic E-state index is 12.1. The van der Waals surface area contributed by atoms with Crippen LogP contribution >= 0.6 is 11.6 Å². The molecule has 4 rings (SSSR count). The third-order valence-electron chi connectivity index (χ3n) is 3.25. The summed E-state index contributed by atoms with van der Waals surface area (Å²) in [6.45, 7) is 0. The summed E-state index contributed by atoms with van der Waals surface area (Å²) in [5.74, 6) is 0.445. The van der Waals surface area contributed by atoms with Crippen molar-refractivity contribution in [2.75, 3.05) is 0 Å². The zero-order chi connectivity index (χ0) is 14.6. The molecule has 0 atom stereocenters. The van der Waals surface area contributed by atoms with Crippen molar-refractivity contribution >= 4 is 28.2 Å². The first-order chi connectivity index (χ1) is 10.1. The summed E-state index contributed by atoms with van der Waals surface area (Å²) in [4.78, 5) is 19.3. The molecule has 0 unspecified atom stereocenters. The van der Waals surface area contributed by atoms with Crippen molar-refractivity contribution in [3.05, 3.63) is 46.1 Å². The fraction of sp³-hybridized carbons (Fsp3) is 0.0769. The number of rotatable bonds is 1. The number of nitrogens with zero attached hydrogens (tertiary/aromatic N) is 5. The highest BCUT2D eigenvalue weighted by Gasteiger charge is 2.14. The molecule has 4 aromatic rings. The van der Waals surface area contributed by atoms with E-state index in [1.54, 1.807) is 36.3 Å². The van der Waals surface area contributed by atoms with Crippen LogP contribution in [0.1, 0.15) is 0 Å². The maximum atomic E-state index is 12.1.